The standard InChI is InChI=1S/C20H33N3O3S2/c1-4-7-8-9-10-19(24)22-20(27)21-17-11-13-18(14-12-17)28(25,26)23(15-5-2)16-6-3/h11-14H,4-10,15-16H2,1-3H3,(H2,21,22,24,27). The van der Waals surface area contributed by atoms with Gasteiger partial charge in [-0.15, -0.1) is 0 Å². The summed E-state index contributed by atoms with van der Waals surface area (Å²) in [5, 5.41) is 5.80. The highest BCUT2D eigenvalue weighted by Crippen LogP contribution is 2.19. The lowest BCUT2D eigenvalue weighted by Crippen LogP contribution is -2.34. The lowest BCUT2D eigenvalue weighted by atomic mass is 10.1. The quantitative estimate of drug-likeness (QED) is 0.384. The van der Waals surface area contributed by atoms with Crippen LogP contribution in [0.1, 0.15) is 65.7 Å². The molecule has 0 atom stereocenters. The topological polar surface area (TPSA) is 78.5 Å². The van der Waals surface area contributed by atoms with Crippen LogP contribution in [-0.2, 0) is 14.8 Å². The summed E-state index contributed by atoms with van der Waals surface area (Å²) in [6.45, 7) is 7.06. The Bertz CT molecular complexity index is 713. The molecule has 0 unspecified atom stereocenters. The van der Waals surface area contributed by atoms with Crippen LogP contribution >= 0.6 is 12.2 Å². The predicted octanol–water partition coefficient (Wildman–Crippen LogP) is 4.28. The first-order chi connectivity index (χ1) is 13.3. The molecule has 158 valence electrons. The Kier molecular flexibility index (Phi) is 11.3. The molecule has 0 fully saturated rings. The van der Waals surface area contributed by atoms with Gasteiger partial charge in [-0.1, -0.05) is 40.0 Å². The third kappa shape index (κ3) is 8.24. The minimum atomic E-state index is -3.50. The SMILES string of the molecule is CCCCCCC(=O)NC(=S)Nc1ccc(S(=O)(=O)N(CCC)CCC)cc1. The van der Waals surface area contributed by atoms with E-state index in [4.69, 9.17) is 12.2 Å². The molecule has 1 aromatic rings. The van der Waals surface area contributed by atoms with Gasteiger partial charge in [0, 0.05) is 25.2 Å². The zero-order valence-corrected chi connectivity index (χ0v) is 18.8. The van der Waals surface area contributed by atoms with Crippen LogP contribution in [0.15, 0.2) is 29.2 Å². The number of hydrogen-bond donors (Lipinski definition) is 2. The van der Waals surface area contributed by atoms with E-state index in [1.807, 2.05) is 13.8 Å². The van der Waals surface area contributed by atoms with E-state index in [0.717, 1.165) is 38.5 Å². The van der Waals surface area contributed by atoms with Crippen LogP contribution in [0.3, 0.4) is 0 Å². The Balaban J connectivity index is 2.64. The van der Waals surface area contributed by atoms with Gasteiger partial charge < -0.3 is 10.6 Å². The molecule has 28 heavy (non-hydrogen) atoms. The monoisotopic (exact) mass is 427 g/mol. The summed E-state index contributed by atoms with van der Waals surface area (Å²) in [6, 6.07) is 6.43. The van der Waals surface area contributed by atoms with Crippen molar-refractivity contribution >= 4 is 38.9 Å². The van der Waals surface area contributed by atoms with Crippen molar-refractivity contribution in [2.24, 2.45) is 0 Å². The minimum absolute atomic E-state index is 0.109. The van der Waals surface area contributed by atoms with Crippen LogP contribution < -0.4 is 10.6 Å². The molecule has 0 aliphatic heterocycles. The van der Waals surface area contributed by atoms with Gasteiger partial charge in [0.25, 0.3) is 0 Å². The summed E-state index contributed by atoms with van der Waals surface area (Å²) in [5.41, 5.74) is 0.632. The lowest BCUT2D eigenvalue weighted by molar-refractivity contribution is -0.119. The van der Waals surface area contributed by atoms with Crippen molar-refractivity contribution in [1.82, 2.24) is 9.62 Å². The first-order valence-electron chi connectivity index (χ1n) is 10.1. The van der Waals surface area contributed by atoms with Gasteiger partial charge in [-0.25, -0.2) is 8.42 Å². The molecule has 0 spiro atoms. The van der Waals surface area contributed by atoms with Gasteiger partial charge >= 0.3 is 0 Å². The number of benzene rings is 1. The molecule has 0 aliphatic carbocycles. The fourth-order valence-electron chi connectivity index (χ4n) is 2.77. The number of sulfonamides is 1. The highest BCUT2D eigenvalue weighted by Gasteiger charge is 2.22. The number of rotatable bonds is 12. The van der Waals surface area contributed by atoms with Crippen LogP contribution in [0, 0.1) is 0 Å². The van der Waals surface area contributed by atoms with Crippen molar-refractivity contribution in [2.75, 3.05) is 18.4 Å². The van der Waals surface area contributed by atoms with E-state index in [0.29, 0.717) is 25.2 Å². The van der Waals surface area contributed by atoms with E-state index in [9.17, 15) is 13.2 Å². The van der Waals surface area contributed by atoms with Crippen LogP contribution in [0.2, 0.25) is 0 Å². The highest BCUT2D eigenvalue weighted by atomic mass is 32.2. The van der Waals surface area contributed by atoms with Gasteiger partial charge in [0.1, 0.15) is 0 Å². The van der Waals surface area contributed by atoms with Crippen molar-refractivity contribution in [2.45, 2.75) is 70.6 Å². The first kappa shape index (κ1) is 24.5. The summed E-state index contributed by atoms with van der Waals surface area (Å²) in [4.78, 5) is 12.1. The zero-order chi connectivity index (χ0) is 21.0. The summed E-state index contributed by atoms with van der Waals surface area (Å²) >= 11 is 5.16. The van der Waals surface area contributed by atoms with E-state index in [2.05, 4.69) is 17.6 Å². The number of carbonyl (C=O) groups excluding carboxylic acids is 1. The third-order valence-corrected chi connectivity index (χ3v) is 6.32. The Morgan fingerprint density at radius 1 is 0.964 bits per heavy atom. The second-order valence-corrected chi connectivity index (χ2v) is 9.09. The van der Waals surface area contributed by atoms with Gasteiger partial charge in [0.05, 0.1) is 4.90 Å². The Morgan fingerprint density at radius 3 is 2.11 bits per heavy atom. The van der Waals surface area contributed by atoms with Crippen molar-refractivity contribution in [3.05, 3.63) is 24.3 Å². The molecular weight excluding hydrogens is 394 g/mol. The van der Waals surface area contributed by atoms with Crippen molar-refractivity contribution < 1.29 is 13.2 Å². The molecule has 2 N–H and O–H groups in total. The third-order valence-electron chi connectivity index (χ3n) is 4.21. The first-order valence-corrected chi connectivity index (χ1v) is 11.9. The molecule has 0 bridgehead atoms. The molecule has 1 amide bonds. The Labute approximate surface area is 175 Å². The molecule has 0 saturated heterocycles. The van der Waals surface area contributed by atoms with E-state index in [-0.39, 0.29) is 15.9 Å². The molecule has 1 rings (SSSR count). The predicted molar refractivity (Wildman–Crippen MR) is 119 cm³/mol. The smallest absolute Gasteiger partial charge is 0.243 e. The van der Waals surface area contributed by atoms with Gasteiger partial charge in [0.2, 0.25) is 15.9 Å². The fourth-order valence-corrected chi connectivity index (χ4v) is 4.63. The fraction of sp³-hybridized carbons (Fsp3) is 0.600. The maximum Gasteiger partial charge on any atom is 0.243 e. The number of hydrogen-bond acceptors (Lipinski definition) is 4. The number of unbranched alkanes of at least 4 members (excludes halogenated alkanes) is 3. The molecule has 8 heteroatoms. The molecule has 0 radical (unpaired) electrons. The maximum atomic E-state index is 12.8. The van der Waals surface area contributed by atoms with Crippen molar-refractivity contribution in [3.8, 4) is 0 Å². The van der Waals surface area contributed by atoms with Gasteiger partial charge in [-0.3, -0.25) is 4.79 Å². The Morgan fingerprint density at radius 2 is 1.57 bits per heavy atom. The largest absolute Gasteiger partial charge is 0.332 e. The van der Waals surface area contributed by atoms with Gasteiger partial charge in [-0.2, -0.15) is 4.31 Å². The number of anilines is 1. The number of carbonyl (C=O) groups is 1. The molecule has 6 nitrogen and oxygen atoms in total. The van der Waals surface area contributed by atoms with Crippen LogP contribution in [0.4, 0.5) is 5.69 Å². The second-order valence-electron chi connectivity index (χ2n) is 6.74. The summed E-state index contributed by atoms with van der Waals surface area (Å²) in [5.74, 6) is -0.109. The second kappa shape index (κ2) is 12.9. The van der Waals surface area contributed by atoms with Crippen LogP contribution in [-0.4, -0.2) is 36.8 Å². The number of amides is 1. The average molecular weight is 428 g/mol. The Hall–Kier alpha value is -1.51. The molecule has 0 heterocycles. The summed E-state index contributed by atoms with van der Waals surface area (Å²) < 4.78 is 27.0. The van der Waals surface area contributed by atoms with Gasteiger partial charge in [0.15, 0.2) is 5.11 Å². The van der Waals surface area contributed by atoms with E-state index < -0.39 is 10.0 Å². The molecule has 0 aliphatic rings. The molecule has 0 aromatic heterocycles. The van der Waals surface area contributed by atoms with Crippen LogP contribution in [0.25, 0.3) is 0 Å². The van der Waals surface area contributed by atoms with Crippen LogP contribution in [0.5, 0.6) is 0 Å². The molecule has 0 saturated carbocycles. The number of thiocarbonyl (C=S) groups is 1. The summed E-state index contributed by atoms with van der Waals surface area (Å²) in [6.07, 6.45) is 6.12. The normalized spacial score (nSPS) is 11.4. The van der Waals surface area contributed by atoms with Gasteiger partial charge in [-0.05, 0) is 55.7 Å². The van der Waals surface area contributed by atoms with E-state index >= 15 is 0 Å². The van der Waals surface area contributed by atoms with E-state index in [1.165, 1.54) is 4.31 Å². The van der Waals surface area contributed by atoms with Crippen molar-refractivity contribution in [3.63, 3.8) is 0 Å². The summed E-state index contributed by atoms with van der Waals surface area (Å²) in [7, 11) is -3.50. The minimum Gasteiger partial charge on any atom is -0.332 e. The van der Waals surface area contributed by atoms with Crippen molar-refractivity contribution in [1.29, 1.82) is 0 Å². The maximum absolute atomic E-state index is 12.8. The number of nitrogens with zero attached hydrogens (tertiary/aromatic N) is 1. The van der Waals surface area contributed by atoms with E-state index in [1.54, 1.807) is 24.3 Å². The zero-order valence-electron chi connectivity index (χ0n) is 17.2. The molecule has 1 aromatic carbocycles. The average Bonchev–Trinajstić information content (AvgIpc) is 2.65. The highest BCUT2D eigenvalue weighted by molar-refractivity contribution is 7.89. The number of nitrogens with one attached hydrogen (secondary N) is 2. The lowest BCUT2D eigenvalue weighted by Gasteiger charge is -2.21. The molecular formula is C20H33N3O3S2.